The second-order valence-electron chi connectivity index (χ2n) is 10.8. The van der Waals surface area contributed by atoms with Crippen LogP contribution in [-0.4, -0.2) is 23.3 Å². The van der Waals surface area contributed by atoms with Gasteiger partial charge in [-0.1, -0.05) is 50.1 Å². The normalized spacial score (nSPS) is 14.5. The Morgan fingerprint density at radius 1 is 0.854 bits per heavy atom. The van der Waals surface area contributed by atoms with Crippen molar-refractivity contribution >= 4 is 11.9 Å². The Labute approximate surface area is 241 Å². The van der Waals surface area contributed by atoms with Crippen molar-refractivity contribution in [2.24, 2.45) is 0 Å². The third-order valence-electron chi connectivity index (χ3n) is 7.11. The molecule has 0 fully saturated rings. The van der Waals surface area contributed by atoms with Crippen LogP contribution in [0.5, 0.6) is 11.5 Å². The number of rotatable bonds is 9. The SMILES string of the molecule is C=C(C)C(=O)Oc1ccc(-c2cc(C)c(-c3ccc4c(c3)CCC4OC(=O)C(=C)C)cc2C)c(OC(O)C(=C)C)c1. The first kappa shape index (κ1) is 29.6. The van der Waals surface area contributed by atoms with Gasteiger partial charge in [-0.25, -0.2) is 9.59 Å². The second-order valence-corrected chi connectivity index (χ2v) is 10.8. The lowest BCUT2D eigenvalue weighted by Crippen LogP contribution is -2.17. The molecule has 0 aliphatic heterocycles. The predicted octanol–water partition coefficient (Wildman–Crippen LogP) is 7.50. The van der Waals surface area contributed by atoms with Crippen LogP contribution in [0.3, 0.4) is 0 Å². The van der Waals surface area contributed by atoms with E-state index in [2.05, 4.69) is 50.9 Å². The maximum atomic E-state index is 12.1. The van der Waals surface area contributed by atoms with Gasteiger partial charge in [-0.2, -0.15) is 0 Å². The molecule has 6 heteroatoms. The Bertz CT molecular complexity index is 1580. The number of carbonyl (C=O) groups is 2. The number of aliphatic hydroxyl groups excluding tert-OH is 1. The van der Waals surface area contributed by atoms with Gasteiger partial charge in [0.1, 0.15) is 17.6 Å². The molecule has 0 saturated carbocycles. The zero-order valence-corrected chi connectivity index (χ0v) is 24.3. The summed E-state index contributed by atoms with van der Waals surface area (Å²) in [5, 5.41) is 10.4. The summed E-state index contributed by atoms with van der Waals surface area (Å²) in [4.78, 5) is 24.2. The molecule has 0 aromatic heterocycles. The van der Waals surface area contributed by atoms with Gasteiger partial charge in [0.05, 0.1) is 0 Å². The van der Waals surface area contributed by atoms with E-state index >= 15 is 0 Å². The van der Waals surface area contributed by atoms with Gasteiger partial charge in [0, 0.05) is 22.8 Å². The molecular formula is C35H36O6. The summed E-state index contributed by atoms with van der Waals surface area (Å²) in [7, 11) is 0. The lowest BCUT2D eigenvalue weighted by atomic mass is 9.90. The fourth-order valence-corrected chi connectivity index (χ4v) is 4.82. The summed E-state index contributed by atoms with van der Waals surface area (Å²) in [6, 6.07) is 15.6. The van der Waals surface area contributed by atoms with E-state index in [-0.39, 0.29) is 23.4 Å². The molecule has 0 bridgehead atoms. The van der Waals surface area contributed by atoms with Crippen molar-refractivity contribution in [3.8, 4) is 33.8 Å². The summed E-state index contributed by atoms with van der Waals surface area (Å²) in [6.45, 7) is 20.0. The molecule has 0 radical (unpaired) electrons. The van der Waals surface area contributed by atoms with Gasteiger partial charge >= 0.3 is 11.9 Å². The summed E-state index contributed by atoms with van der Waals surface area (Å²) < 4.78 is 16.9. The molecule has 2 unspecified atom stereocenters. The number of aliphatic hydroxyl groups is 1. The van der Waals surface area contributed by atoms with E-state index in [4.69, 9.17) is 14.2 Å². The Kier molecular flexibility index (Phi) is 8.64. The van der Waals surface area contributed by atoms with Crippen molar-refractivity contribution < 1.29 is 28.9 Å². The van der Waals surface area contributed by atoms with Crippen LogP contribution in [0.2, 0.25) is 0 Å². The molecule has 3 aromatic carbocycles. The summed E-state index contributed by atoms with van der Waals surface area (Å²) >= 11 is 0. The number of esters is 2. The molecule has 0 heterocycles. The number of carbonyl (C=O) groups excluding carboxylic acids is 2. The van der Waals surface area contributed by atoms with Crippen LogP contribution in [0, 0.1) is 13.8 Å². The highest BCUT2D eigenvalue weighted by molar-refractivity contribution is 5.89. The molecule has 41 heavy (non-hydrogen) atoms. The molecule has 0 spiro atoms. The zero-order valence-electron chi connectivity index (χ0n) is 24.3. The predicted molar refractivity (Wildman–Crippen MR) is 161 cm³/mol. The second kappa shape index (κ2) is 12.0. The van der Waals surface area contributed by atoms with Gasteiger partial charge in [0.15, 0.2) is 0 Å². The average molecular weight is 553 g/mol. The fraction of sp³-hybridized carbons (Fsp3) is 0.257. The van der Waals surface area contributed by atoms with Gasteiger partial charge in [0.25, 0.3) is 0 Å². The van der Waals surface area contributed by atoms with Crippen molar-refractivity contribution in [3.63, 3.8) is 0 Å². The maximum absolute atomic E-state index is 12.1. The van der Waals surface area contributed by atoms with E-state index in [0.717, 1.165) is 51.8 Å². The Morgan fingerprint density at radius 2 is 1.51 bits per heavy atom. The largest absolute Gasteiger partial charge is 0.460 e. The van der Waals surface area contributed by atoms with E-state index < -0.39 is 12.3 Å². The zero-order chi connectivity index (χ0) is 30.0. The van der Waals surface area contributed by atoms with Gasteiger partial charge in [-0.15, -0.1) is 0 Å². The van der Waals surface area contributed by atoms with Gasteiger partial charge in [-0.3, -0.25) is 0 Å². The molecular weight excluding hydrogens is 516 g/mol. The number of aryl methyl sites for hydroxylation is 3. The number of hydrogen-bond donors (Lipinski definition) is 1. The molecule has 3 aromatic rings. The van der Waals surface area contributed by atoms with Crippen molar-refractivity contribution in [2.45, 2.75) is 59.9 Å². The van der Waals surface area contributed by atoms with E-state index in [1.54, 1.807) is 32.9 Å². The van der Waals surface area contributed by atoms with Crippen LogP contribution < -0.4 is 9.47 Å². The highest BCUT2D eigenvalue weighted by Crippen LogP contribution is 2.41. The van der Waals surface area contributed by atoms with Crippen molar-refractivity contribution in [1.82, 2.24) is 0 Å². The topological polar surface area (TPSA) is 82.1 Å². The quantitative estimate of drug-likeness (QED) is 0.0973. The first-order chi connectivity index (χ1) is 19.3. The lowest BCUT2D eigenvalue weighted by molar-refractivity contribution is -0.144. The van der Waals surface area contributed by atoms with Gasteiger partial charge in [-0.05, 0) is 104 Å². The van der Waals surface area contributed by atoms with E-state index in [1.165, 1.54) is 5.56 Å². The third kappa shape index (κ3) is 6.50. The van der Waals surface area contributed by atoms with Crippen LogP contribution in [-0.2, 0) is 20.7 Å². The monoisotopic (exact) mass is 552 g/mol. The maximum Gasteiger partial charge on any atom is 0.338 e. The molecule has 1 aliphatic carbocycles. The van der Waals surface area contributed by atoms with Crippen LogP contribution in [0.15, 0.2) is 85.0 Å². The van der Waals surface area contributed by atoms with Crippen molar-refractivity contribution in [3.05, 3.63) is 107 Å². The molecule has 2 atom stereocenters. The van der Waals surface area contributed by atoms with Crippen LogP contribution in [0.1, 0.15) is 55.5 Å². The minimum absolute atomic E-state index is 0.251. The molecule has 0 amide bonds. The molecule has 4 rings (SSSR count). The summed E-state index contributed by atoms with van der Waals surface area (Å²) in [5.74, 6) is -0.275. The number of ether oxygens (including phenoxy) is 3. The van der Waals surface area contributed by atoms with Gasteiger partial charge < -0.3 is 19.3 Å². The lowest BCUT2D eigenvalue weighted by Gasteiger charge is -2.20. The van der Waals surface area contributed by atoms with Crippen molar-refractivity contribution in [2.75, 3.05) is 0 Å². The van der Waals surface area contributed by atoms with E-state index in [9.17, 15) is 14.7 Å². The number of fused-ring (bicyclic) bond motifs is 1. The highest BCUT2D eigenvalue weighted by atomic mass is 16.6. The Hall–Kier alpha value is -4.42. The highest BCUT2D eigenvalue weighted by Gasteiger charge is 2.27. The molecule has 1 aliphatic rings. The summed E-state index contributed by atoms with van der Waals surface area (Å²) in [5.41, 5.74) is 9.21. The first-order valence-corrected chi connectivity index (χ1v) is 13.5. The van der Waals surface area contributed by atoms with E-state index in [1.807, 2.05) is 19.1 Å². The smallest absolute Gasteiger partial charge is 0.338 e. The number of benzene rings is 3. The van der Waals surface area contributed by atoms with Crippen LogP contribution in [0.25, 0.3) is 22.3 Å². The van der Waals surface area contributed by atoms with Crippen LogP contribution >= 0.6 is 0 Å². The Morgan fingerprint density at radius 3 is 2.17 bits per heavy atom. The first-order valence-electron chi connectivity index (χ1n) is 13.5. The Balaban J connectivity index is 1.69. The fourth-order valence-electron chi connectivity index (χ4n) is 4.82. The average Bonchev–Trinajstić information content (AvgIpc) is 3.31. The molecule has 212 valence electrons. The van der Waals surface area contributed by atoms with E-state index in [0.29, 0.717) is 16.9 Å². The molecule has 0 saturated heterocycles. The minimum atomic E-state index is -1.23. The van der Waals surface area contributed by atoms with Gasteiger partial charge in [0.2, 0.25) is 6.29 Å². The summed E-state index contributed by atoms with van der Waals surface area (Å²) in [6.07, 6.45) is 0.109. The minimum Gasteiger partial charge on any atom is -0.460 e. The van der Waals surface area contributed by atoms with Crippen molar-refractivity contribution in [1.29, 1.82) is 0 Å². The third-order valence-corrected chi connectivity index (χ3v) is 7.11. The number of hydrogen-bond acceptors (Lipinski definition) is 6. The standard InChI is InChI=1S/C35H36O6/c1-19(2)33(36)39-26-11-13-28(32(18-26)41-35(38)21(5)6)30-16-22(7)29(15-23(30)8)25-9-12-27-24(17-25)10-14-31(27)40-34(37)20(3)4/h9,11-13,15-18,31,35,38H,1,3,5,10,14H2,2,4,6-8H3. The van der Waals surface area contributed by atoms with Crippen LogP contribution in [0.4, 0.5) is 0 Å². The molecule has 6 nitrogen and oxygen atoms in total. The molecule has 1 N–H and O–H groups in total.